The highest BCUT2D eigenvalue weighted by Crippen LogP contribution is 2.14. The highest BCUT2D eigenvalue weighted by molar-refractivity contribution is 6.30. The molecule has 0 unspecified atom stereocenters. The Morgan fingerprint density at radius 2 is 2.20 bits per heavy atom. The van der Waals surface area contributed by atoms with Gasteiger partial charge in [-0.15, -0.1) is 0 Å². The molecule has 0 radical (unpaired) electrons. The summed E-state index contributed by atoms with van der Waals surface area (Å²) in [6, 6.07) is 4.07. The van der Waals surface area contributed by atoms with Crippen LogP contribution in [0.2, 0.25) is 5.02 Å². The molecule has 0 bridgehead atoms. The average molecular weight is 161 g/mol. The number of benzene rings is 1. The average Bonchev–Trinajstić information content (AvgIpc) is 1.94. The Balaban J connectivity index is 3.09. The number of halogens is 2. The van der Waals surface area contributed by atoms with E-state index in [9.17, 15) is 4.39 Å². The summed E-state index contributed by atoms with van der Waals surface area (Å²) >= 11 is 5.52. The summed E-state index contributed by atoms with van der Waals surface area (Å²) in [6.07, 6.45) is 0. The van der Waals surface area contributed by atoms with E-state index in [1.165, 1.54) is 18.2 Å². The first kappa shape index (κ1) is 7.51. The van der Waals surface area contributed by atoms with Crippen LogP contribution in [0.4, 0.5) is 4.39 Å². The molecule has 0 amide bonds. The summed E-state index contributed by atoms with van der Waals surface area (Å²) in [7, 11) is 0. The van der Waals surface area contributed by atoms with Gasteiger partial charge in [0, 0.05) is 10.6 Å². The highest BCUT2D eigenvalue weighted by Gasteiger charge is 1.99. The molecule has 0 saturated carbocycles. The Kier molecular flexibility index (Phi) is 2.25. The fourth-order valence-electron chi connectivity index (χ4n) is 0.664. The zero-order chi connectivity index (χ0) is 7.56. The topological polar surface area (TPSA) is 20.2 Å². The number of rotatable bonds is 1. The van der Waals surface area contributed by atoms with Gasteiger partial charge in [-0.1, -0.05) is 11.6 Å². The van der Waals surface area contributed by atoms with Crippen molar-refractivity contribution < 1.29 is 9.50 Å². The van der Waals surface area contributed by atoms with Gasteiger partial charge in [0.1, 0.15) is 5.82 Å². The van der Waals surface area contributed by atoms with Gasteiger partial charge < -0.3 is 5.11 Å². The van der Waals surface area contributed by atoms with Gasteiger partial charge in [-0.05, 0) is 18.2 Å². The summed E-state index contributed by atoms with van der Waals surface area (Å²) in [5.74, 6) is -0.424. The lowest BCUT2D eigenvalue weighted by Gasteiger charge is -1.97. The molecule has 3 heteroatoms. The normalized spacial score (nSPS) is 9.90. The Bertz CT molecular complexity index is 237. The molecule has 0 aliphatic heterocycles. The first-order chi connectivity index (χ1) is 4.74. The summed E-state index contributed by atoms with van der Waals surface area (Å²) in [6.45, 7) is -0.313. The highest BCUT2D eigenvalue weighted by atomic mass is 35.5. The molecule has 1 aromatic carbocycles. The van der Waals surface area contributed by atoms with Crippen LogP contribution in [0.15, 0.2) is 18.2 Å². The second kappa shape index (κ2) is 2.99. The lowest BCUT2D eigenvalue weighted by atomic mass is 10.2. The number of aliphatic hydroxyl groups is 1. The minimum atomic E-state index is -0.424. The van der Waals surface area contributed by atoms with E-state index in [1.54, 1.807) is 0 Å². The molecular formula is C7H6ClFO. The van der Waals surface area contributed by atoms with E-state index < -0.39 is 5.82 Å². The predicted molar refractivity (Wildman–Crippen MR) is 37.3 cm³/mol. The van der Waals surface area contributed by atoms with Gasteiger partial charge in [-0.2, -0.15) is 0 Å². The van der Waals surface area contributed by atoms with Crippen LogP contribution in [-0.4, -0.2) is 5.11 Å². The van der Waals surface area contributed by atoms with Gasteiger partial charge in [0.05, 0.1) is 6.61 Å². The van der Waals surface area contributed by atoms with E-state index in [0.29, 0.717) is 5.02 Å². The summed E-state index contributed by atoms with van der Waals surface area (Å²) < 4.78 is 12.6. The second-order valence-corrected chi connectivity index (χ2v) is 2.33. The SMILES string of the molecule is OCc1cc(Cl)ccc1F. The van der Waals surface area contributed by atoms with Crippen molar-refractivity contribution in [1.82, 2.24) is 0 Å². The van der Waals surface area contributed by atoms with E-state index in [-0.39, 0.29) is 12.2 Å². The number of aliphatic hydroxyl groups excluding tert-OH is 1. The zero-order valence-electron chi connectivity index (χ0n) is 5.14. The van der Waals surface area contributed by atoms with Crippen LogP contribution in [0.1, 0.15) is 5.56 Å². The number of hydrogen-bond acceptors (Lipinski definition) is 1. The van der Waals surface area contributed by atoms with Crippen molar-refractivity contribution in [3.8, 4) is 0 Å². The van der Waals surface area contributed by atoms with Crippen molar-refractivity contribution in [2.24, 2.45) is 0 Å². The fourth-order valence-corrected chi connectivity index (χ4v) is 0.859. The molecule has 0 heterocycles. The Hall–Kier alpha value is -0.600. The van der Waals surface area contributed by atoms with Gasteiger partial charge in [0.25, 0.3) is 0 Å². The van der Waals surface area contributed by atoms with E-state index in [1.807, 2.05) is 0 Å². The minimum Gasteiger partial charge on any atom is -0.392 e. The molecule has 0 aliphatic rings. The second-order valence-electron chi connectivity index (χ2n) is 1.89. The minimum absolute atomic E-state index is 0.229. The summed E-state index contributed by atoms with van der Waals surface area (Å²) in [4.78, 5) is 0. The maximum Gasteiger partial charge on any atom is 0.128 e. The van der Waals surface area contributed by atoms with Crippen LogP contribution in [-0.2, 0) is 6.61 Å². The van der Waals surface area contributed by atoms with Crippen LogP contribution in [0.5, 0.6) is 0 Å². The zero-order valence-corrected chi connectivity index (χ0v) is 5.90. The maximum atomic E-state index is 12.6. The third-order valence-corrected chi connectivity index (χ3v) is 1.41. The molecule has 0 fully saturated rings. The third kappa shape index (κ3) is 1.46. The standard InChI is InChI=1S/C7H6ClFO/c8-6-1-2-7(9)5(3-6)4-10/h1-3,10H,4H2. The number of hydrogen-bond donors (Lipinski definition) is 1. The first-order valence-electron chi connectivity index (χ1n) is 2.79. The smallest absolute Gasteiger partial charge is 0.128 e. The van der Waals surface area contributed by atoms with E-state index >= 15 is 0 Å². The molecule has 1 aromatic rings. The molecule has 1 rings (SSSR count). The molecule has 54 valence electrons. The van der Waals surface area contributed by atoms with Crippen molar-refractivity contribution >= 4 is 11.6 Å². The lowest BCUT2D eigenvalue weighted by Crippen LogP contribution is -1.87. The largest absolute Gasteiger partial charge is 0.392 e. The van der Waals surface area contributed by atoms with Crippen molar-refractivity contribution in [3.63, 3.8) is 0 Å². The van der Waals surface area contributed by atoms with Crippen molar-refractivity contribution in [1.29, 1.82) is 0 Å². The fraction of sp³-hybridized carbons (Fsp3) is 0.143. The first-order valence-corrected chi connectivity index (χ1v) is 3.16. The van der Waals surface area contributed by atoms with Gasteiger partial charge in [0.2, 0.25) is 0 Å². The molecule has 0 atom stereocenters. The Morgan fingerprint density at radius 1 is 1.50 bits per heavy atom. The van der Waals surface area contributed by atoms with Crippen molar-refractivity contribution in [3.05, 3.63) is 34.6 Å². The molecular weight excluding hydrogens is 155 g/mol. The predicted octanol–water partition coefficient (Wildman–Crippen LogP) is 1.97. The maximum absolute atomic E-state index is 12.6. The van der Waals surface area contributed by atoms with E-state index in [0.717, 1.165) is 0 Å². The molecule has 1 nitrogen and oxygen atoms in total. The monoisotopic (exact) mass is 160 g/mol. The summed E-state index contributed by atoms with van der Waals surface area (Å²) in [5, 5.41) is 8.98. The Morgan fingerprint density at radius 3 is 2.70 bits per heavy atom. The van der Waals surface area contributed by atoms with Crippen molar-refractivity contribution in [2.75, 3.05) is 0 Å². The lowest BCUT2D eigenvalue weighted by molar-refractivity contribution is 0.276. The quantitative estimate of drug-likeness (QED) is 0.666. The van der Waals surface area contributed by atoms with Crippen molar-refractivity contribution in [2.45, 2.75) is 6.61 Å². The molecule has 0 saturated heterocycles. The van der Waals surface area contributed by atoms with Crippen LogP contribution in [0, 0.1) is 5.82 Å². The molecule has 0 aliphatic carbocycles. The molecule has 0 spiro atoms. The van der Waals surface area contributed by atoms with Crippen LogP contribution >= 0.6 is 11.6 Å². The van der Waals surface area contributed by atoms with Crippen LogP contribution in [0.3, 0.4) is 0 Å². The van der Waals surface area contributed by atoms with Crippen LogP contribution in [0.25, 0.3) is 0 Å². The summed E-state index contributed by atoms with van der Waals surface area (Å²) in [5.41, 5.74) is 0.229. The van der Waals surface area contributed by atoms with Gasteiger partial charge in [-0.3, -0.25) is 0 Å². The van der Waals surface area contributed by atoms with Gasteiger partial charge in [-0.25, -0.2) is 4.39 Å². The third-order valence-electron chi connectivity index (χ3n) is 1.18. The Labute approximate surface area is 63.1 Å². The molecule has 0 aromatic heterocycles. The van der Waals surface area contributed by atoms with E-state index in [2.05, 4.69) is 0 Å². The molecule has 1 N–H and O–H groups in total. The van der Waals surface area contributed by atoms with Crippen LogP contribution < -0.4 is 0 Å². The van der Waals surface area contributed by atoms with Gasteiger partial charge in [0.15, 0.2) is 0 Å². The van der Waals surface area contributed by atoms with Gasteiger partial charge >= 0.3 is 0 Å². The van der Waals surface area contributed by atoms with E-state index in [4.69, 9.17) is 16.7 Å². The molecule has 10 heavy (non-hydrogen) atoms.